The summed E-state index contributed by atoms with van der Waals surface area (Å²) in [5, 5.41) is 14.6. The third-order valence-corrected chi connectivity index (χ3v) is 4.68. The second-order valence-electron chi connectivity index (χ2n) is 6.24. The summed E-state index contributed by atoms with van der Waals surface area (Å²) in [5.41, 5.74) is -0.562. The van der Waals surface area contributed by atoms with Gasteiger partial charge in [0.25, 0.3) is 0 Å². The van der Waals surface area contributed by atoms with Crippen molar-refractivity contribution in [3.05, 3.63) is 0 Å². The molecule has 3 unspecified atom stereocenters. The van der Waals surface area contributed by atoms with Gasteiger partial charge in [-0.2, -0.15) is 0 Å². The maximum Gasteiger partial charge on any atom is 0.317 e. The van der Waals surface area contributed by atoms with Crippen molar-refractivity contribution in [3.63, 3.8) is 0 Å². The Bertz CT molecular complexity index is 454. The standard InChI is InChI=1S/C14H23N3O4/c1-14(12(20)15-2)6-7-17(8-14)13(21)16-10-5-3-4-9(10)11(18)19/h9-10H,3-8H2,1-2H3,(H,15,20)(H,16,21)(H,18,19). The van der Waals surface area contributed by atoms with Crippen LogP contribution in [0, 0.1) is 11.3 Å². The van der Waals surface area contributed by atoms with Gasteiger partial charge in [0.1, 0.15) is 0 Å². The van der Waals surface area contributed by atoms with Crippen molar-refractivity contribution in [2.24, 2.45) is 11.3 Å². The van der Waals surface area contributed by atoms with Crippen LogP contribution in [-0.4, -0.2) is 54.1 Å². The molecule has 7 heteroatoms. The van der Waals surface area contributed by atoms with Crippen molar-refractivity contribution < 1.29 is 19.5 Å². The zero-order valence-corrected chi connectivity index (χ0v) is 12.5. The first-order valence-corrected chi connectivity index (χ1v) is 7.38. The van der Waals surface area contributed by atoms with Gasteiger partial charge in [0.2, 0.25) is 5.91 Å². The van der Waals surface area contributed by atoms with E-state index >= 15 is 0 Å². The molecule has 0 aromatic rings. The van der Waals surface area contributed by atoms with Crippen LogP contribution in [0.15, 0.2) is 0 Å². The number of carbonyl (C=O) groups is 3. The molecule has 0 aromatic heterocycles. The maximum absolute atomic E-state index is 12.3. The zero-order valence-electron chi connectivity index (χ0n) is 12.5. The molecule has 2 rings (SSSR count). The number of hydrogen-bond acceptors (Lipinski definition) is 3. The normalized spacial score (nSPS) is 32.0. The lowest BCUT2D eigenvalue weighted by atomic mass is 9.89. The van der Waals surface area contributed by atoms with Crippen LogP contribution in [0.2, 0.25) is 0 Å². The van der Waals surface area contributed by atoms with Crippen LogP contribution in [0.4, 0.5) is 4.79 Å². The van der Waals surface area contributed by atoms with Gasteiger partial charge in [-0.15, -0.1) is 0 Å². The van der Waals surface area contributed by atoms with Crippen LogP contribution < -0.4 is 10.6 Å². The van der Waals surface area contributed by atoms with E-state index in [0.717, 1.165) is 6.42 Å². The van der Waals surface area contributed by atoms with Gasteiger partial charge < -0.3 is 20.6 Å². The Morgan fingerprint density at radius 3 is 2.62 bits per heavy atom. The number of nitrogens with one attached hydrogen (secondary N) is 2. The van der Waals surface area contributed by atoms with Gasteiger partial charge in [0.05, 0.1) is 11.3 Å². The van der Waals surface area contributed by atoms with Gasteiger partial charge in [-0.25, -0.2) is 4.79 Å². The number of aliphatic carboxylic acids is 1. The summed E-state index contributed by atoms with van der Waals surface area (Å²) in [6.07, 6.45) is 2.74. The minimum atomic E-state index is -0.852. The summed E-state index contributed by atoms with van der Waals surface area (Å²) in [7, 11) is 1.59. The molecule has 0 bridgehead atoms. The van der Waals surface area contributed by atoms with Crippen molar-refractivity contribution >= 4 is 17.9 Å². The monoisotopic (exact) mass is 297 g/mol. The second-order valence-corrected chi connectivity index (χ2v) is 6.24. The summed E-state index contributed by atoms with van der Waals surface area (Å²) >= 11 is 0. The second kappa shape index (κ2) is 5.91. The lowest BCUT2D eigenvalue weighted by Crippen LogP contribution is -2.48. The maximum atomic E-state index is 12.3. The first-order chi connectivity index (χ1) is 9.87. The molecule has 1 saturated carbocycles. The van der Waals surface area contributed by atoms with E-state index in [0.29, 0.717) is 32.4 Å². The molecule has 1 heterocycles. The molecular weight excluding hydrogens is 274 g/mol. The quantitative estimate of drug-likeness (QED) is 0.702. The number of carboxylic acids is 1. The molecule has 0 spiro atoms. The number of carbonyl (C=O) groups excluding carboxylic acids is 2. The van der Waals surface area contributed by atoms with Gasteiger partial charge in [-0.1, -0.05) is 6.42 Å². The predicted octanol–water partition coefficient (Wildman–Crippen LogP) is 0.407. The Balaban J connectivity index is 1.93. The van der Waals surface area contributed by atoms with Crippen molar-refractivity contribution in [3.8, 4) is 0 Å². The molecule has 3 atom stereocenters. The predicted molar refractivity (Wildman–Crippen MR) is 75.7 cm³/mol. The van der Waals surface area contributed by atoms with Crippen molar-refractivity contribution in [1.29, 1.82) is 0 Å². The van der Waals surface area contributed by atoms with Crippen LogP contribution >= 0.6 is 0 Å². The van der Waals surface area contributed by atoms with E-state index in [4.69, 9.17) is 5.11 Å². The Morgan fingerprint density at radius 1 is 1.29 bits per heavy atom. The summed E-state index contributed by atoms with van der Waals surface area (Å²) < 4.78 is 0. The number of nitrogens with zero attached hydrogens (tertiary/aromatic N) is 1. The topological polar surface area (TPSA) is 98.7 Å². The molecule has 2 aliphatic rings. The molecule has 1 saturated heterocycles. The van der Waals surface area contributed by atoms with Crippen LogP contribution in [0.5, 0.6) is 0 Å². The fourth-order valence-corrected chi connectivity index (χ4v) is 3.30. The zero-order chi connectivity index (χ0) is 15.6. The summed E-state index contributed by atoms with van der Waals surface area (Å²) in [6, 6.07) is -0.567. The van der Waals surface area contributed by atoms with Crippen LogP contribution in [0.3, 0.4) is 0 Å². The Morgan fingerprint density at radius 2 is 2.00 bits per heavy atom. The van der Waals surface area contributed by atoms with Crippen LogP contribution in [0.25, 0.3) is 0 Å². The highest BCUT2D eigenvalue weighted by atomic mass is 16.4. The Kier molecular flexibility index (Phi) is 4.39. The third kappa shape index (κ3) is 3.11. The van der Waals surface area contributed by atoms with Crippen molar-refractivity contribution in [2.75, 3.05) is 20.1 Å². The highest BCUT2D eigenvalue weighted by Crippen LogP contribution is 2.31. The average molecular weight is 297 g/mol. The smallest absolute Gasteiger partial charge is 0.317 e. The highest BCUT2D eigenvalue weighted by Gasteiger charge is 2.42. The SMILES string of the molecule is CNC(=O)C1(C)CCN(C(=O)NC2CCCC2C(=O)O)C1. The minimum Gasteiger partial charge on any atom is -0.481 e. The molecule has 118 valence electrons. The van der Waals surface area contributed by atoms with E-state index in [1.54, 1.807) is 11.9 Å². The number of hydrogen-bond donors (Lipinski definition) is 3. The van der Waals surface area contributed by atoms with Crippen molar-refractivity contribution in [1.82, 2.24) is 15.5 Å². The summed E-state index contributed by atoms with van der Waals surface area (Å²) in [6.45, 7) is 2.72. The molecule has 21 heavy (non-hydrogen) atoms. The summed E-state index contributed by atoms with van der Waals surface area (Å²) in [5.74, 6) is -1.42. The highest BCUT2D eigenvalue weighted by molar-refractivity contribution is 5.84. The first kappa shape index (κ1) is 15.6. The van der Waals surface area contributed by atoms with E-state index in [9.17, 15) is 14.4 Å². The molecule has 1 aliphatic heterocycles. The summed E-state index contributed by atoms with van der Waals surface area (Å²) in [4.78, 5) is 36.8. The van der Waals surface area contributed by atoms with E-state index in [1.165, 1.54) is 0 Å². The minimum absolute atomic E-state index is 0.0675. The Labute approximate surface area is 124 Å². The van der Waals surface area contributed by atoms with Gasteiger partial charge in [-0.05, 0) is 26.2 Å². The van der Waals surface area contributed by atoms with E-state index < -0.39 is 17.3 Å². The Hall–Kier alpha value is -1.79. The lowest BCUT2D eigenvalue weighted by molar-refractivity contribution is -0.142. The molecular formula is C14H23N3O4. The van der Waals surface area contributed by atoms with E-state index in [-0.39, 0.29) is 18.0 Å². The van der Waals surface area contributed by atoms with E-state index in [1.807, 2.05) is 6.92 Å². The number of carboxylic acid groups (broad SMARTS) is 1. The molecule has 3 amide bonds. The lowest BCUT2D eigenvalue weighted by Gasteiger charge is -2.25. The van der Waals surface area contributed by atoms with Gasteiger partial charge in [0.15, 0.2) is 0 Å². The molecule has 1 aliphatic carbocycles. The van der Waals surface area contributed by atoms with Crippen molar-refractivity contribution in [2.45, 2.75) is 38.6 Å². The average Bonchev–Trinajstić information content (AvgIpc) is 3.05. The molecule has 0 radical (unpaired) electrons. The molecule has 2 fully saturated rings. The molecule has 7 nitrogen and oxygen atoms in total. The van der Waals surface area contributed by atoms with Gasteiger partial charge in [-0.3, -0.25) is 9.59 Å². The fourth-order valence-electron chi connectivity index (χ4n) is 3.30. The number of amides is 3. The van der Waals surface area contributed by atoms with Gasteiger partial charge in [0, 0.05) is 26.2 Å². The molecule has 0 aromatic carbocycles. The van der Waals surface area contributed by atoms with E-state index in [2.05, 4.69) is 10.6 Å². The van der Waals surface area contributed by atoms with Crippen LogP contribution in [-0.2, 0) is 9.59 Å². The van der Waals surface area contributed by atoms with Gasteiger partial charge >= 0.3 is 12.0 Å². The number of rotatable bonds is 3. The number of urea groups is 1. The number of likely N-dealkylation sites (tertiary alicyclic amines) is 1. The fraction of sp³-hybridized carbons (Fsp3) is 0.786. The third-order valence-electron chi connectivity index (χ3n) is 4.68. The van der Waals surface area contributed by atoms with Crippen LogP contribution in [0.1, 0.15) is 32.6 Å². The first-order valence-electron chi connectivity index (χ1n) is 7.38. The largest absolute Gasteiger partial charge is 0.481 e. The molecule has 3 N–H and O–H groups in total.